The van der Waals surface area contributed by atoms with Gasteiger partial charge in [0.15, 0.2) is 5.82 Å². The average molecular weight is 335 g/mol. The zero-order chi connectivity index (χ0) is 17.2. The summed E-state index contributed by atoms with van der Waals surface area (Å²) in [7, 11) is 1.85. The molecule has 1 aliphatic heterocycles. The highest BCUT2D eigenvalue weighted by Crippen LogP contribution is 2.29. The minimum Gasteiger partial charge on any atom is -0.378 e. The fourth-order valence-electron chi connectivity index (χ4n) is 3.27. The number of benzene rings is 1. The number of pyridine rings is 1. The predicted molar refractivity (Wildman–Crippen MR) is 100 cm³/mol. The molecule has 6 nitrogen and oxygen atoms in total. The van der Waals surface area contributed by atoms with E-state index in [-0.39, 0.29) is 0 Å². The first-order chi connectivity index (χ1) is 12.3. The van der Waals surface area contributed by atoms with Crippen molar-refractivity contribution in [2.45, 2.75) is 6.92 Å². The van der Waals surface area contributed by atoms with Gasteiger partial charge in [-0.15, -0.1) is 0 Å². The minimum atomic E-state index is 0.746. The summed E-state index contributed by atoms with van der Waals surface area (Å²) in [4.78, 5) is 15.9. The topological polar surface area (TPSA) is 63.2 Å². The van der Waals surface area contributed by atoms with Crippen LogP contribution in [0.5, 0.6) is 0 Å². The highest BCUT2D eigenvalue weighted by Gasteiger charge is 2.15. The van der Waals surface area contributed by atoms with Crippen molar-refractivity contribution in [1.29, 1.82) is 0 Å². The van der Waals surface area contributed by atoms with E-state index < -0.39 is 0 Å². The molecule has 0 unspecified atom stereocenters. The Morgan fingerprint density at radius 3 is 2.64 bits per heavy atom. The molecule has 0 aliphatic carbocycles. The van der Waals surface area contributed by atoms with Crippen molar-refractivity contribution >= 4 is 22.5 Å². The fourth-order valence-corrected chi connectivity index (χ4v) is 3.27. The van der Waals surface area contributed by atoms with E-state index in [1.54, 1.807) is 12.4 Å². The molecular formula is C19H21N5O. The summed E-state index contributed by atoms with van der Waals surface area (Å²) in [6.07, 6.45) is 3.39. The maximum Gasteiger partial charge on any atom is 0.154 e. The van der Waals surface area contributed by atoms with E-state index in [0.29, 0.717) is 0 Å². The Morgan fingerprint density at radius 1 is 1.08 bits per heavy atom. The monoisotopic (exact) mass is 335 g/mol. The number of aryl methyl sites for hydroxylation is 1. The summed E-state index contributed by atoms with van der Waals surface area (Å²) >= 11 is 0. The van der Waals surface area contributed by atoms with Gasteiger partial charge in [-0.1, -0.05) is 6.07 Å². The Hall–Kier alpha value is -2.73. The first-order valence-corrected chi connectivity index (χ1v) is 8.49. The summed E-state index contributed by atoms with van der Waals surface area (Å²) in [5, 5.41) is 3.12. The van der Waals surface area contributed by atoms with Crippen molar-refractivity contribution in [2.75, 3.05) is 43.6 Å². The van der Waals surface area contributed by atoms with Crippen LogP contribution in [0.1, 0.15) is 5.56 Å². The molecule has 0 atom stereocenters. The molecule has 6 heteroatoms. The normalized spacial score (nSPS) is 14.7. The average Bonchev–Trinajstić information content (AvgIpc) is 2.67. The standard InChI is InChI=1S/C19H21N5O/c1-13-11-14(3-4-17(13)24-7-9-25-10-8-24)15-12-16-18(19(20-2)23-15)22-6-5-21-16/h3-6,11-12H,7-10H2,1-2H3,(H,20,23). The lowest BCUT2D eigenvalue weighted by molar-refractivity contribution is 0.122. The summed E-state index contributed by atoms with van der Waals surface area (Å²) in [5.41, 5.74) is 6.11. The van der Waals surface area contributed by atoms with Gasteiger partial charge >= 0.3 is 0 Å². The van der Waals surface area contributed by atoms with E-state index in [1.165, 1.54) is 11.3 Å². The van der Waals surface area contributed by atoms with E-state index in [4.69, 9.17) is 9.72 Å². The SMILES string of the molecule is CNc1nc(-c2ccc(N3CCOCC3)c(C)c2)cc2nccnc12. The maximum absolute atomic E-state index is 5.45. The second kappa shape index (κ2) is 6.64. The van der Waals surface area contributed by atoms with E-state index in [9.17, 15) is 0 Å². The maximum atomic E-state index is 5.45. The van der Waals surface area contributed by atoms with Gasteiger partial charge in [0, 0.05) is 43.8 Å². The smallest absolute Gasteiger partial charge is 0.154 e. The highest BCUT2D eigenvalue weighted by molar-refractivity contribution is 5.88. The van der Waals surface area contributed by atoms with Gasteiger partial charge in [-0.05, 0) is 30.7 Å². The predicted octanol–water partition coefficient (Wildman–Crippen LogP) is 2.88. The Morgan fingerprint density at radius 2 is 1.88 bits per heavy atom. The first-order valence-electron chi connectivity index (χ1n) is 8.49. The summed E-state index contributed by atoms with van der Waals surface area (Å²) in [6, 6.07) is 8.49. The van der Waals surface area contributed by atoms with Gasteiger partial charge in [-0.3, -0.25) is 4.98 Å². The molecule has 0 radical (unpaired) electrons. The number of hydrogen-bond acceptors (Lipinski definition) is 6. The molecule has 25 heavy (non-hydrogen) atoms. The summed E-state index contributed by atoms with van der Waals surface area (Å²) in [6.45, 7) is 5.60. The Bertz CT molecular complexity index is 905. The van der Waals surface area contributed by atoms with Crippen molar-refractivity contribution in [1.82, 2.24) is 15.0 Å². The lowest BCUT2D eigenvalue weighted by Gasteiger charge is -2.30. The van der Waals surface area contributed by atoms with Crippen molar-refractivity contribution in [3.8, 4) is 11.3 Å². The number of rotatable bonds is 3. The zero-order valence-electron chi connectivity index (χ0n) is 14.5. The first kappa shape index (κ1) is 15.8. The van der Waals surface area contributed by atoms with Gasteiger partial charge in [0.1, 0.15) is 5.52 Å². The van der Waals surface area contributed by atoms with E-state index in [0.717, 1.165) is 54.4 Å². The second-order valence-electron chi connectivity index (χ2n) is 6.13. The molecule has 3 aromatic rings. The lowest BCUT2D eigenvalue weighted by atomic mass is 10.0. The summed E-state index contributed by atoms with van der Waals surface area (Å²) < 4.78 is 5.45. The van der Waals surface area contributed by atoms with Gasteiger partial charge in [-0.2, -0.15) is 0 Å². The van der Waals surface area contributed by atoms with Crippen molar-refractivity contribution in [3.63, 3.8) is 0 Å². The van der Waals surface area contributed by atoms with Crippen LogP contribution in [0, 0.1) is 6.92 Å². The number of morpholine rings is 1. The molecule has 0 spiro atoms. The van der Waals surface area contributed by atoms with Crippen LogP contribution in [0.15, 0.2) is 36.7 Å². The second-order valence-corrected chi connectivity index (χ2v) is 6.13. The van der Waals surface area contributed by atoms with Crippen LogP contribution >= 0.6 is 0 Å². The van der Waals surface area contributed by atoms with Gasteiger partial charge in [-0.25, -0.2) is 9.97 Å². The Kier molecular flexibility index (Phi) is 4.19. The molecular weight excluding hydrogens is 314 g/mol. The molecule has 1 saturated heterocycles. The molecule has 0 saturated carbocycles. The molecule has 1 aromatic carbocycles. The molecule has 2 aromatic heterocycles. The van der Waals surface area contributed by atoms with Crippen molar-refractivity contribution < 1.29 is 4.74 Å². The fraction of sp³-hybridized carbons (Fsp3) is 0.316. The minimum absolute atomic E-state index is 0.746. The number of fused-ring (bicyclic) bond motifs is 1. The van der Waals surface area contributed by atoms with Gasteiger partial charge in [0.2, 0.25) is 0 Å². The molecule has 0 amide bonds. The highest BCUT2D eigenvalue weighted by atomic mass is 16.5. The van der Waals surface area contributed by atoms with Crippen LogP contribution in [0.3, 0.4) is 0 Å². The largest absolute Gasteiger partial charge is 0.378 e. The van der Waals surface area contributed by atoms with Crippen molar-refractivity contribution in [2.24, 2.45) is 0 Å². The molecule has 4 rings (SSSR count). The number of hydrogen-bond donors (Lipinski definition) is 1. The van der Waals surface area contributed by atoms with Gasteiger partial charge in [0.25, 0.3) is 0 Å². The number of ether oxygens (including phenoxy) is 1. The third-order valence-electron chi connectivity index (χ3n) is 4.54. The number of nitrogens with zero attached hydrogens (tertiary/aromatic N) is 4. The van der Waals surface area contributed by atoms with Crippen LogP contribution in [-0.2, 0) is 4.74 Å². The third-order valence-corrected chi connectivity index (χ3v) is 4.54. The van der Waals surface area contributed by atoms with Crippen LogP contribution < -0.4 is 10.2 Å². The number of anilines is 2. The molecule has 1 N–H and O–H groups in total. The Balaban J connectivity index is 1.74. The van der Waals surface area contributed by atoms with Gasteiger partial charge in [0.05, 0.1) is 24.4 Å². The van der Waals surface area contributed by atoms with Gasteiger partial charge < -0.3 is 15.0 Å². The summed E-state index contributed by atoms with van der Waals surface area (Å²) in [5.74, 6) is 0.746. The molecule has 128 valence electrons. The van der Waals surface area contributed by atoms with Crippen LogP contribution in [0.25, 0.3) is 22.3 Å². The molecule has 3 heterocycles. The number of nitrogens with one attached hydrogen (secondary N) is 1. The van der Waals surface area contributed by atoms with Crippen molar-refractivity contribution in [3.05, 3.63) is 42.2 Å². The van der Waals surface area contributed by atoms with Crippen LogP contribution in [0.2, 0.25) is 0 Å². The quantitative estimate of drug-likeness (QED) is 0.794. The lowest BCUT2D eigenvalue weighted by Crippen LogP contribution is -2.36. The van der Waals surface area contributed by atoms with Crippen LogP contribution in [0.4, 0.5) is 11.5 Å². The van der Waals surface area contributed by atoms with E-state index in [1.807, 2.05) is 13.1 Å². The molecule has 0 bridgehead atoms. The zero-order valence-corrected chi connectivity index (χ0v) is 14.5. The van der Waals surface area contributed by atoms with E-state index in [2.05, 4.69) is 45.3 Å². The Labute approximate surface area is 146 Å². The van der Waals surface area contributed by atoms with Crippen LogP contribution in [-0.4, -0.2) is 48.3 Å². The third kappa shape index (κ3) is 3.00. The van der Waals surface area contributed by atoms with E-state index >= 15 is 0 Å². The molecule has 1 fully saturated rings. The molecule has 1 aliphatic rings. The number of aromatic nitrogens is 3.